The summed E-state index contributed by atoms with van der Waals surface area (Å²) < 4.78 is 5.78. The topological polar surface area (TPSA) is 46.6 Å². The van der Waals surface area contributed by atoms with Gasteiger partial charge in [-0.25, -0.2) is 0 Å². The van der Waals surface area contributed by atoms with E-state index in [1.54, 1.807) is 32.0 Å². The summed E-state index contributed by atoms with van der Waals surface area (Å²) in [6, 6.07) is 12.6. The Labute approximate surface area is 158 Å². The fraction of sp³-hybridized carbons (Fsp3) is 0.333. The zero-order chi connectivity index (χ0) is 19.1. The van der Waals surface area contributed by atoms with Crippen molar-refractivity contribution in [1.29, 1.82) is 0 Å². The number of carbonyl (C=O) groups excluding carboxylic acids is 2. The van der Waals surface area contributed by atoms with E-state index in [0.29, 0.717) is 27.9 Å². The van der Waals surface area contributed by atoms with Crippen molar-refractivity contribution >= 4 is 29.0 Å². The largest absolute Gasteiger partial charge is 0.476 e. The second-order valence-corrected chi connectivity index (χ2v) is 7.75. The van der Waals surface area contributed by atoms with Gasteiger partial charge in [0.1, 0.15) is 5.75 Å². The number of hydrogen-bond acceptors (Lipinski definition) is 3. The second-order valence-electron chi connectivity index (χ2n) is 7.32. The summed E-state index contributed by atoms with van der Waals surface area (Å²) in [5.41, 5.74) is 1.23. The van der Waals surface area contributed by atoms with E-state index in [1.807, 2.05) is 24.3 Å². The minimum Gasteiger partial charge on any atom is -0.476 e. The molecule has 0 atom stereocenters. The van der Waals surface area contributed by atoms with Gasteiger partial charge in [-0.1, -0.05) is 49.7 Å². The molecule has 2 aromatic rings. The van der Waals surface area contributed by atoms with E-state index in [0.717, 1.165) is 0 Å². The first-order valence-electron chi connectivity index (χ1n) is 8.63. The van der Waals surface area contributed by atoms with E-state index in [9.17, 15) is 9.59 Å². The van der Waals surface area contributed by atoms with Crippen molar-refractivity contribution in [3.63, 3.8) is 0 Å². The maximum absolute atomic E-state index is 12.8. The lowest BCUT2D eigenvalue weighted by Gasteiger charge is -2.38. The van der Waals surface area contributed by atoms with Gasteiger partial charge in [-0.15, -0.1) is 0 Å². The predicted octanol–water partition coefficient (Wildman–Crippen LogP) is 4.85. The highest BCUT2D eigenvalue weighted by Crippen LogP contribution is 2.39. The quantitative estimate of drug-likeness (QED) is 0.722. The Kier molecular flexibility index (Phi) is 4.80. The van der Waals surface area contributed by atoms with Gasteiger partial charge in [0.25, 0.3) is 5.91 Å². The molecule has 4 nitrogen and oxygen atoms in total. The smallest absolute Gasteiger partial charge is 0.271 e. The Morgan fingerprint density at radius 1 is 1.15 bits per heavy atom. The standard InChI is InChI=1S/C21H22ClNO3/c1-13(2)14-5-7-15(8-6-14)18(24)12-23-17-11-16(22)9-10-19(17)26-21(3,4)20(23)25/h5-11,13H,12H2,1-4H3. The number of amides is 1. The second kappa shape index (κ2) is 6.76. The first-order valence-corrected chi connectivity index (χ1v) is 9.00. The van der Waals surface area contributed by atoms with Crippen LogP contribution in [0.25, 0.3) is 0 Å². The average molecular weight is 372 g/mol. The minimum atomic E-state index is -1.04. The van der Waals surface area contributed by atoms with E-state index >= 15 is 0 Å². The van der Waals surface area contributed by atoms with E-state index in [1.165, 1.54) is 10.5 Å². The highest BCUT2D eigenvalue weighted by atomic mass is 35.5. The number of Topliss-reactive ketones (excluding diaryl/α,β-unsaturated/α-hetero) is 1. The van der Waals surface area contributed by atoms with Crippen molar-refractivity contribution in [2.24, 2.45) is 0 Å². The Morgan fingerprint density at radius 3 is 2.42 bits per heavy atom. The summed E-state index contributed by atoms with van der Waals surface area (Å²) in [5.74, 6) is 0.549. The molecule has 0 saturated carbocycles. The molecule has 1 aliphatic heterocycles. The molecule has 5 heteroatoms. The molecule has 3 rings (SSSR count). The summed E-state index contributed by atoms with van der Waals surface area (Å²) in [5, 5.41) is 0.485. The third-order valence-corrected chi connectivity index (χ3v) is 4.77. The number of fused-ring (bicyclic) bond motifs is 1. The molecule has 1 heterocycles. The van der Waals surface area contributed by atoms with Crippen LogP contribution in [0.1, 0.15) is 49.5 Å². The number of carbonyl (C=O) groups is 2. The molecule has 0 N–H and O–H groups in total. The number of ether oxygens (including phenoxy) is 1. The van der Waals surface area contributed by atoms with Crippen LogP contribution in [0.5, 0.6) is 5.75 Å². The van der Waals surface area contributed by atoms with E-state index in [4.69, 9.17) is 16.3 Å². The van der Waals surface area contributed by atoms with Crippen molar-refractivity contribution < 1.29 is 14.3 Å². The molecule has 0 unspecified atom stereocenters. The van der Waals surface area contributed by atoms with Gasteiger partial charge in [0.2, 0.25) is 0 Å². The lowest BCUT2D eigenvalue weighted by Crippen LogP contribution is -2.53. The molecule has 2 aromatic carbocycles. The van der Waals surface area contributed by atoms with Crippen LogP contribution in [0.3, 0.4) is 0 Å². The van der Waals surface area contributed by atoms with Crippen molar-refractivity contribution in [3.8, 4) is 5.75 Å². The molecule has 0 spiro atoms. The van der Waals surface area contributed by atoms with Crippen molar-refractivity contribution in [3.05, 3.63) is 58.6 Å². The van der Waals surface area contributed by atoms with E-state index in [2.05, 4.69) is 13.8 Å². The fourth-order valence-corrected chi connectivity index (χ4v) is 3.15. The third-order valence-electron chi connectivity index (χ3n) is 4.54. The Hall–Kier alpha value is -2.33. The molecule has 136 valence electrons. The van der Waals surface area contributed by atoms with Crippen LogP contribution >= 0.6 is 11.6 Å². The average Bonchev–Trinajstić information content (AvgIpc) is 2.59. The lowest BCUT2D eigenvalue weighted by atomic mass is 9.99. The van der Waals surface area contributed by atoms with Crippen molar-refractivity contribution in [2.75, 3.05) is 11.4 Å². The number of benzene rings is 2. The van der Waals surface area contributed by atoms with E-state index in [-0.39, 0.29) is 18.2 Å². The molecular formula is C21H22ClNO3. The van der Waals surface area contributed by atoms with Gasteiger partial charge in [0, 0.05) is 10.6 Å². The van der Waals surface area contributed by atoms with Crippen LogP contribution in [0.4, 0.5) is 5.69 Å². The van der Waals surface area contributed by atoms with Gasteiger partial charge in [-0.05, 0) is 43.5 Å². The number of rotatable bonds is 4. The zero-order valence-corrected chi connectivity index (χ0v) is 16.1. The number of hydrogen-bond donors (Lipinski definition) is 0. The molecule has 0 bridgehead atoms. The van der Waals surface area contributed by atoms with E-state index < -0.39 is 5.60 Å². The number of anilines is 1. The SMILES string of the molecule is CC(C)c1ccc(C(=O)CN2C(=O)C(C)(C)Oc3ccc(Cl)cc32)cc1. The molecule has 0 saturated heterocycles. The van der Waals surface area contributed by atoms with Crippen molar-refractivity contribution in [2.45, 2.75) is 39.2 Å². The molecule has 0 fully saturated rings. The normalized spacial score (nSPS) is 15.6. The Morgan fingerprint density at radius 2 is 1.81 bits per heavy atom. The zero-order valence-electron chi connectivity index (χ0n) is 15.4. The maximum atomic E-state index is 12.8. The highest BCUT2D eigenvalue weighted by molar-refractivity contribution is 6.31. The Balaban J connectivity index is 1.91. The molecule has 0 aliphatic carbocycles. The number of nitrogens with zero attached hydrogens (tertiary/aromatic N) is 1. The van der Waals surface area contributed by atoms with Crippen LogP contribution in [-0.2, 0) is 4.79 Å². The number of halogens is 1. The monoisotopic (exact) mass is 371 g/mol. The molecule has 1 amide bonds. The summed E-state index contributed by atoms with van der Waals surface area (Å²) >= 11 is 6.08. The lowest BCUT2D eigenvalue weighted by molar-refractivity contribution is -0.132. The molecule has 0 aromatic heterocycles. The van der Waals surface area contributed by atoms with Crippen LogP contribution in [0.2, 0.25) is 5.02 Å². The Bertz CT molecular complexity index is 856. The third kappa shape index (κ3) is 3.47. The minimum absolute atomic E-state index is 0.0556. The highest BCUT2D eigenvalue weighted by Gasteiger charge is 2.41. The van der Waals surface area contributed by atoms with Gasteiger partial charge < -0.3 is 4.74 Å². The molecular weight excluding hydrogens is 350 g/mol. The first-order chi connectivity index (χ1) is 12.2. The summed E-state index contributed by atoms with van der Waals surface area (Å²) in [7, 11) is 0. The summed E-state index contributed by atoms with van der Waals surface area (Å²) in [6.45, 7) is 7.54. The van der Waals surface area contributed by atoms with Gasteiger partial charge in [-0.3, -0.25) is 14.5 Å². The van der Waals surface area contributed by atoms with Gasteiger partial charge in [0.15, 0.2) is 11.4 Å². The first kappa shape index (κ1) is 18.5. The molecule has 1 aliphatic rings. The van der Waals surface area contributed by atoms with Crippen molar-refractivity contribution in [1.82, 2.24) is 0 Å². The predicted molar refractivity (Wildman–Crippen MR) is 103 cm³/mol. The van der Waals surface area contributed by atoms with Crippen LogP contribution in [0.15, 0.2) is 42.5 Å². The fourth-order valence-electron chi connectivity index (χ4n) is 2.99. The summed E-state index contributed by atoms with van der Waals surface area (Å²) in [4.78, 5) is 27.1. The van der Waals surface area contributed by atoms with Crippen LogP contribution < -0.4 is 9.64 Å². The van der Waals surface area contributed by atoms with Crippen LogP contribution in [-0.4, -0.2) is 23.8 Å². The van der Waals surface area contributed by atoms with Crippen LogP contribution in [0, 0.1) is 0 Å². The van der Waals surface area contributed by atoms with Gasteiger partial charge in [0.05, 0.1) is 12.2 Å². The summed E-state index contributed by atoms with van der Waals surface area (Å²) in [6.07, 6.45) is 0. The maximum Gasteiger partial charge on any atom is 0.271 e. The number of ketones is 1. The van der Waals surface area contributed by atoms with Gasteiger partial charge in [-0.2, -0.15) is 0 Å². The molecule has 0 radical (unpaired) electrons. The van der Waals surface area contributed by atoms with Gasteiger partial charge >= 0.3 is 0 Å². The molecule has 26 heavy (non-hydrogen) atoms.